The Morgan fingerprint density at radius 3 is 2.14 bits per heavy atom. The smallest absolute Gasteiger partial charge is 0.119 e. The van der Waals surface area contributed by atoms with Crippen LogP contribution in [0.25, 0.3) is 10.8 Å². The molecule has 0 heterocycles. The van der Waals surface area contributed by atoms with Crippen LogP contribution in [0, 0.1) is 6.92 Å². The molecule has 0 fully saturated rings. The van der Waals surface area contributed by atoms with Crippen molar-refractivity contribution in [3.8, 4) is 5.75 Å². The first-order valence-electron chi connectivity index (χ1n) is 7.07. The van der Waals surface area contributed by atoms with Crippen molar-refractivity contribution in [2.75, 3.05) is 19.1 Å². The third kappa shape index (κ3) is 2.45. The van der Waals surface area contributed by atoms with Crippen LogP contribution in [0.1, 0.15) is 5.56 Å². The van der Waals surface area contributed by atoms with Crippen molar-refractivity contribution in [3.05, 3.63) is 66.2 Å². The first kappa shape index (κ1) is 13.5. The van der Waals surface area contributed by atoms with Crippen LogP contribution in [0.4, 0.5) is 11.4 Å². The number of anilines is 2. The summed E-state index contributed by atoms with van der Waals surface area (Å²) in [5, 5.41) is 2.58. The normalized spacial score (nSPS) is 10.6. The lowest BCUT2D eigenvalue weighted by Crippen LogP contribution is -2.09. The molecule has 0 unspecified atom stereocenters. The van der Waals surface area contributed by atoms with Gasteiger partial charge in [0.1, 0.15) is 5.75 Å². The van der Waals surface area contributed by atoms with Crippen LogP contribution < -0.4 is 9.64 Å². The van der Waals surface area contributed by atoms with Gasteiger partial charge in [-0.25, -0.2) is 0 Å². The summed E-state index contributed by atoms with van der Waals surface area (Å²) in [6.07, 6.45) is 0. The van der Waals surface area contributed by atoms with E-state index in [0.717, 1.165) is 11.4 Å². The van der Waals surface area contributed by atoms with Gasteiger partial charge in [-0.2, -0.15) is 0 Å². The highest BCUT2D eigenvalue weighted by molar-refractivity contribution is 5.97. The molecule has 0 saturated heterocycles. The van der Waals surface area contributed by atoms with Gasteiger partial charge in [-0.3, -0.25) is 0 Å². The van der Waals surface area contributed by atoms with E-state index in [9.17, 15) is 0 Å². The fraction of sp³-hybridized carbons (Fsp3) is 0.158. The Hall–Kier alpha value is -2.48. The van der Waals surface area contributed by atoms with Crippen molar-refractivity contribution in [3.63, 3.8) is 0 Å². The van der Waals surface area contributed by atoms with Gasteiger partial charge in [0.2, 0.25) is 0 Å². The summed E-state index contributed by atoms with van der Waals surface area (Å²) >= 11 is 0. The summed E-state index contributed by atoms with van der Waals surface area (Å²) in [4.78, 5) is 2.21. The molecule has 21 heavy (non-hydrogen) atoms. The molecule has 3 aromatic rings. The zero-order valence-electron chi connectivity index (χ0n) is 12.6. The maximum atomic E-state index is 5.22. The average molecular weight is 277 g/mol. The van der Waals surface area contributed by atoms with Crippen LogP contribution in [0.15, 0.2) is 60.7 Å². The highest BCUT2D eigenvalue weighted by Gasteiger charge is 2.09. The second-order valence-corrected chi connectivity index (χ2v) is 5.20. The third-order valence-corrected chi connectivity index (χ3v) is 3.94. The second-order valence-electron chi connectivity index (χ2n) is 5.20. The molecule has 0 aromatic heterocycles. The van der Waals surface area contributed by atoms with E-state index >= 15 is 0 Å². The topological polar surface area (TPSA) is 12.5 Å². The van der Waals surface area contributed by atoms with Crippen molar-refractivity contribution in [1.82, 2.24) is 0 Å². The largest absolute Gasteiger partial charge is 0.497 e. The molecule has 0 spiro atoms. The van der Waals surface area contributed by atoms with E-state index in [1.54, 1.807) is 7.11 Å². The summed E-state index contributed by atoms with van der Waals surface area (Å²) < 4.78 is 5.22. The number of hydrogen-bond donors (Lipinski definition) is 0. The van der Waals surface area contributed by atoms with E-state index in [4.69, 9.17) is 4.74 Å². The molecule has 0 N–H and O–H groups in total. The van der Waals surface area contributed by atoms with Crippen molar-refractivity contribution in [2.45, 2.75) is 6.92 Å². The highest BCUT2D eigenvalue weighted by atomic mass is 16.5. The van der Waals surface area contributed by atoms with Gasteiger partial charge in [0.05, 0.1) is 7.11 Å². The minimum Gasteiger partial charge on any atom is -0.497 e. The lowest BCUT2D eigenvalue weighted by molar-refractivity contribution is 0.415. The van der Waals surface area contributed by atoms with Gasteiger partial charge in [-0.05, 0) is 48.2 Å². The molecule has 106 valence electrons. The molecular formula is C19H19NO. The average Bonchev–Trinajstić information content (AvgIpc) is 2.55. The number of hydrogen-bond acceptors (Lipinski definition) is 2. The molecule has 0 atom stereocenters. The first-order chi connectivity index (χ1) is 10.2. The van der Waals surface area contributed by atoms with E-state index in [1.807, 2.05) is 12.1 Å². The lowest BCUT2D eigenvalue weighted by Gasteiger charge is -2.22. The number of rotatable bonds is 3. The molecule has 0 radical (unpaired) electrons. The summed E-state index contributed by atoms with van der Waals surface area (Å²) in [6.45, 7) is 2.15. The molecule has 3 aromatic carbocycles. The molecular weight excluding hydrogens is 258 g/mol. The van der Waals surface area contributed by atoms with Crippen LogP contribution >= 0.6 is 0 Å². The number of methoxy groups -OCH3 is 1. The highest BCUT2D eigenvalue weighted by Crippen LogP contribution is 2.33. The van der Waals surface area contributed by atoms with Crippen molar-refractivity contribution >= 4 is 22.1 Å². The Morgan fingerprint density at radius 1 is 0.810 bits per heavy atom. The number of aryl methyl sites for hydroxylation is 1. The molecule has 0 saturated carbocycles. The maximum absolute atomic E-state index is 5.22. The van der Waals surface area contributed by atoms with Gasteiger partial charge in [0.25, 0.3) is 0 Å². The van der Waals surface area contributed by atoms with E-state index in [-0.39, 0.29) is 0 Å². The van der Waals surface area contributed by atoms with E-state index < -0.39 is 0 Å². The minimum atomic E-state index is 0.876. The van der Waals surface area contributed by atoms with E-state index in [1.165, 1.54) is 22.0 Å². The lowest BCUT2D eigenvalue weighted by atomic mass is 10.0. The van der Waals surface area contributed by atoms with E-state index in [0.29, 0.717) is 0 Å². The monoisotopic (exact) mass is 277 g/mol. The standard InChI is InChI=1S/C19H19NO/c1-14-8-13-19(18-7-5-4-6-17(14)18)20(2)15-9-11-16(21-3)12-10-15/h4-13H,1-3H3. The molecule has 0 bridgehead atoms. The fourth-order valence-electron chi connectivity index (χ4n) is 2.67. The molecule has 3 rings (SSSR count). The summed E-state index contributed by atoms with van der Waals surface area (Å²) in [6, 6.07) is 21.0. The van der Waals surface area contributed by atoms with Gasteiger partial charge in [-0.15, -0.1) is 0 Å². The number of ether oxygens (including phenoxy) is 1. The molecule has 2 heteroatoms. The van der Waals surface area contributed by atoms with Gasteiger partial charge in [-0.1, -0.05) is 30.3 Å². The predicted molar refractivity (Wildman–Crippen MR) is 89.7 cm³/mol. The molecule has 0 aliphatic rings. The third-order valence-electron chi connectivity index (χ3n) is 3.94. The van der Waals surface area contributed by atoms with E-state index in [2.05, 4.69) is 67.4 Å². The van der Waals surface area contributed by atoms with Gasteiger partial charge >= 0.3 is 0 Å². The predicted octanol–water partition coefficient (Wildman–Crippen LogP) is 4.92. The number of benzene rings is 3. The van der Waals surface area contributed by atoms with Crippen molar-refractivity contribution < 1.29 is 4.74 Å². The Balaban J connectivity index is 2.08. The zero-order valence-corrected chi connectivity index (χ0v) is 12.6. The van der Waals surface area contributed by atoms with Crippen LogP contribution in [-0.4, -0.2) is 14.2 Å². The quantitative estimate of drug-likeness (QED) is 0.673. The zero-order chi connectivity index (χ0) is 14.8. The number of nitrogens with zero attached hydrogens (tertiary/aromatic N) is 1. The molecule has 0 amide bonds. The minimum absolute atomic E-state index is 0.876. The Labute approximate surface area is 125 Å². The van der Waals surface area contributed by atoms with Crippen molar-refractivity contribution in [2.24, 2.45) is 0 Å². The molecule has 0 aliphatic carbocycles. The van der Waals surface area contributed by atoms with Crippen molar-refractivity contribution in [1.29, 1.82) is 0 Å². The van der Waals surface area contributed by atoms with Crippen LogP contribution in [0.5, 0.6) is 5.75 Å². The van der Waals surface area contributed by atoms with Gasteiger partial charge in [0.15, 0.2) is 0 Å². The maximum Gasteiger partial charge on any atom is 0.119 e. The summed E-state index contributed by atoms with van der Waals surface area (Å²) in [5.74, 6) is 0.876. The molecule has 2 nitrogen and oxygen atoms in total. The Morgan fingerprint density at radius 2 is 1.48 bits per heavy atom. The van der Waals surface area contributed by atoms with Gasteiger partial charge < -0.3 is 9.64 Å². The number of fused-ring (bicyclic) bond motifs is 1. The molecule has 0 aliphatic heterocycles. The van der Waals surface area contributed by atoms with Gasteiger partial charge in [0, 0.05) is 23.8 Å². The first-order valence-corrected chi connectivity index (χ1v) is 7.07. The Kier molecular flexibility index (Phi) is 3.53. The Bertz CT molecular complexity index is 762. The van der Waals surface area contributed by atoms with Crippen LogP contribution in [0.2, 0.25) is 0 Å². The van der Waals surface area contributed by atoms with Crippen LogP contribution in [0.3, 0.4) is 0 Å². The SMILES string of the molecule is COc1ccc(N(C)c2ccc(C)c3ccccc23)cc1. The van der Waals surface area contributed by atoms with Crippen LogP contribution in [-0.2, 0) is 0 Å². The summed E-state index contributed by atoms with van der Waals surface area (Å²) in [5.41, 5.74) is 3.66. The summed E-state index contributed by atoms with van der Waals surface area (Å²) in [7, 11) is 3.78. The fourth-order valence-corrected chi connectivity index (χ4v) is 2.67. The second kappa shape index (κ2) is 5.49.